The Kier molecular flexibility index (Phi) is 4.59. The number of nitrogens with two attached hydrogens (primary N) is 1. The third-order valence-electron chi connectivity index (χ3n) is 2.51. The number of furan rings is 1. The normalized spacial score (nSPS) is 12.7. The Morgan fingerprint density at radius 2 is 2.06 bits per heavy atom. The summed E-state index contributed by atoms with van der Waals surface area (Å²) < 4.78 is 42.3. The molecular weight excluding hydrogens is 233 g/mol. The molecule has 0 saturated carbocycles. The number of hydrogen-bond acceptors (Lipinski definition) is 3. The lowest BCUT2D eigenvalue weighted by atomic mass is 10.2. The molecule has 0 aliphatic carbocycles. The van der Waals surface area contributed by atoms with Crippen LogP contribution in [-0.4, -0.2) is 23.7 Å². The first-order valence-electron chi connectivity index (χ1n) is 5.39. The first-order valence-corrected chi connectivity index (χ1v) is 5.39. The lowest BCUT2D eigenvalue weighted by molar-refractivity contribution is -0.150. The standard InChI is InChI=1S/C11H17F3N2O/c1-8(2)16(7-11(12,13)14)6-9-3-4-17-10(9)5-15/h3-4,8H,5-7,15H2,1-2H3. The molecule has 0 radical (unpaired) electrons. The van der Waals surface area contributed by atoms with Gasteiger partial charge in [0.15, 0.2) is 0 Å². The molecule has 1 aromatic rings. The Hall–Kier alpha value is -1.01. The zero-order chi connectivity index (χ0) is 13.1. The molecule has 1 aromatic heterocycles. The Labute approximate surface area is 98.4 Å². The minimum absolute atomic E-state index is 0.195. The molecular formula is C11H17F3N2O. The van der Waals surface area contributed by atoms with Crippen LogP contribution in [0, 0.1) is 0 Å². The van der Waals surface area contributed by atoms with Gasteiger partial charge in [-0.15, -0.1) is 0 Å². The fourth-order valence-corrected chi connectivity index (χ4v) is 1.56. The van der Waals surface area contributed by atoms with Crippen LogP contribution in [0.15, 0.2) is 16.7 Å². The summed E-state index contributed by atoms with van der Waals surface area (Å²) in [4.78, 5) is 1.34. The molecule has 0 bridgehead atoms. The van der Waals surface area contributed by atoms with Gasteiger partial charge in [-0.2, -0.15) is 13.2 Å². The van der Waals surface area contributed by atoms with Gasteiger partial charge in [0.25, 0.3) is 0 Å². The van der Waals surface area contributed by atoms with Gasteiger partial charge in [0.05, 0.1) is 19.4 Å². The maximum atomic E-state index is 12.4. The van der Waals surface area contributed by atoms with Gasteiger partial charge in [-0.1, -0.05) is 0 Å². The second-order valence-electron chi connectivity index (χ2n) is 4.19. The lowest BCUT2D eigenvalue weighted by Gasteiger charge is -2.27. The van der Waals surface area contributed by atoms with Crippen molar-refractivity contribution in [2.24, 2.45) is 5.73 Å². The molecule has 2 N–H and O–H groups in total. The third kappa shape index (κ3) is 4.40. The monoisotopic (exact) mass is 250 g/mol. The topological polar surface area (TPSA) is 42.4 Å². The molecule has 3 nitrogen and oxygen atoms in total. The Morgan fingerprint density at radius 3 is 2.53 bits per heavy atom. The Bertz CT molecular complexity index is 347. The van der Waals surface area contributed by atoms with E-state index in [1.165, 1.54) is 11.2 Å². The van der Waals surface area contributed by atoms with Crippen molar-refractivity contribution in [2.45, 2.75) is 39.2 Å². The highest BCUT2D eigenvalue weighted by Gasteiger charge is 2.32. The number of hydrogen-bond donors (Lipinski definition) is 1. The van der Waals surface area contributed by atoms with Crippen molar-refractivity contribution in [1.29, 1.82) is 0 Å². The van der Waals surface area contributed by atoms with Crippen LogP contribution in [0.4, 0.5) is 13.2 Å². The average molecular weight is 250 g/mol. The molecule has 0 aromatic carbocycles. The summed E-state index contributed by atoms with van der Waals surface area (Å²) in [6.07, 6.45) is -2.75. The van der Waals surface area contributed by atoms with Crippen molar-refractivity contribution in [2.75, 3.05) is 6.54 Å². The second-order valence-corrected chi connectivity index (χ2v) is 4.19. The number of halogens is 3. The van der Waals surface area contributed by atoms with Crippen LogP contribution >= 0.6 is 0 Å². The van der Waals surface area contributed by atoms with Crippen molar-refractivity contribution in [3.05, 3.63) is 23.7 Å². The summed E-state index contributed by atoms with van der Waals surface area (Å²) in [5, 5.41) is 0. The summed E-state index contributed by atoms with van der Waals surface area (Å²) >= 11 is 0. The summed E-state index contributed by atoms with van der Waals surface area (Å²) in [7, 11) is 0. The Morgan fingerprint density at radius 1 is 1.41 bits per heavy atom. The van der Waals surface area contributed by atoms with E-state index in [9.17, 15) is 13.2 Å². The minimum atomic E-state index is -4.20. The van der Waals surface area contributed by atoms with Gasteiger partial charge in [0.1, 0.15) is 5.76 Å². The Balaban J connectivity index is 2.74. The van der Waals surface area contributed by atoms with Gasteiger partial charge >= 0.3 is 6.18 Å². The predicted molar refractivity (Wildman–Crippen MR) is 58.2 cm³/mol. The SMILES string of the molecule is CC(C)N(Cc1ccoc1CN)CC(F)(F)F. The van der Waals surface area contributed by atoms with E-state index in [-0.39, 0.29) is 19.1 Å². The van der Waals surface area contributed by atoms with Crippen LogP contribution in [0.3, 0.4) is 0 Å². The minimum Gasteiger partial charge on any atom is -0.468 e. The number of nitrogens with zero attached hydrogens (tertiary/aromatic N) is 1. The highest BCUT2D eigenvalue weighted by Crippen LogP contribution is 2.21. The summed E-state index contributed by atoms with van der Waals surface area (Å²) in [6.45, 7) is 2.92. The zero-order valence-electron chi connectivity index (χ0n) is 9.92. The van der Waals surface area contributed by atoms with E-state index in [4.69, 9.17) is 10.2 Å². The summed E-state index contributed by atoms with van der Waals surface area (Å²) in [6, 6.07) is 1.46. The molecule has 1 rings (SSSR count). The molecule has 0 amide bonds. The molecule has 1 heterocycles. The zero-order valence-corrected chi connectivity index (χ0v) is 9.92. The van der Waals surface area contributed by atoms with Crippen molar-refractivity contribution in [3.8, 4) is 0 Å². The molecule has 98 valence electrons. The predicted octanol–water partition coefficient (Wildman–Crippen LogP) is 2.51. The van der Waals surface area contributed by atoms with Gasteiger partial charge in [-0.3, -0.25) is 4.90 Å². The van der Waals surface area contributed by atoms with Gasteiger partial charge in [0, 0.05) is 18.2 Å². The molecule has 0 fully saturated rings. The van der Waals surface area contributed by atoms with Crippen molar-refractivity contribution in [3.63, 3.8) is 0 Å². The molecule has 0 saturated heterocycles. The van der Waals surface area contributed by atoms with E-state index in [0.717, 1.165) is 0 Å². The van der Waals surface area contributed by atoms with Crippen molar-refractivity contribution < 1.29 is 17.6 Å². The average Bonchev–Trinajstić information content (AvgIpc) is 2.62. The molecule has 6 heteroatoms. The fraction of sp³-hybridized carbons (Fsp3) is 0.636. The van der Waals surface area contributed by atoms with Gasteiger partial charge < -0.3 is 10.2 Å². The quantitative estimate of drug-likeness (QED) is 0.873. The maximum absolute atomic E-state index is 12.4. The van der Waals surface area contributed by atoms with E-state index in [2.05, 4.69) is 0 Å². The largest absolute Gasteiger partial charge is 0.468 e. The van der Waals surface area contributed by atoms with Gasteiger partial charge in [-0.25, -0.2) is 0 Å². The van der Waals surface area contributed by atoms with E-state index in [0.29, 0.717) is 11.3 Å². The van der Waals surface area contributed by atoms with Gasteiger partial charge in [0.2, 0.25) is 0 Å². The highest BCUT2D eigenvalue weighted by molar-refractivity contribution is 5.16. The van der Waals surface area contributed by atoms with Crippen LogP contribution in [0.25, 0.3) is 0 Å². The van der Waals surface area contributed by atoms with E-state index in [1.54, 1.807) is 19.9 Å². The third-order valence-corrected chi connectivity index (χ3v) is 2.51. The van der Waals surface area contributed by atoms with Crippen LogP contribution in [0.2, 0.25) is 0 Å². The van der Waals surface area contributed by atoms with Crippen LogP contribution in [0.5, 0.6) is 0 Å². The number of rotatable bonds is 5. The lowest BCUT2D eigenvalue weighted by Crippen LogP contribution is -2.38. The van der Waals surface area contributed by atoms with Crippen molar-refractivity contribution in [1.82, 2.24) is 4.90 Å². The fourth-order valence-electron chi connectivity index (χ4n) is 1.56. The van der Waals surface area contributed by atoms with Crippen molar-refractivity contribution >= 4 is 0 Å². The second kappa shape index (κ2) is 5.55. The van der Waals surface area contributed by atoms with E-state index in [1.807, 2.05) is 0 Å². The highest BCUT2D eigenvalue weighted by atomic mass is 19.4. The molecule has 0 aliphatic rings. The molecule has 0 atom stereocenters. The first kappa shape index (κ1) is 14.1. The molecule has 17 heavy (non-hydrogen) atoms. The van der Waals surface area contributed by atoms with Crippen LogP contribution in [0.1, 0.15) is 25.2 Å². The first-order chi connectivity index (χ1) is 7.83. The summed E-state index contributed by atoms with van der Waals surface area (Å²) in [5.41, 5.74) is 6.15. The van der Waals surface area contributed by atoms with E-state index < -0.39 is 12.7 Å². The summed E-state index contributed by atoms with van der Waals surface area (Å²) in [5.74, 6) is 0.540. The maximum Gasteiger partial charge on any atom is 0.401 e. The molecule has 0 aliphatic heterocycles. The van der Waals surface area contributed by atoms with Crippen LogP contribution in [-0.2, 0) is 13.1 Å². The van der Waals surface area contributed by atoms with Gasteiger partial charge in [-0.05, 0) is 19.9 Å². The smallest absolute Gasteiger partial charge is 0.401 e. The van der Waals surface area contributed by atoms with Crippen LogP contribution < -0.4 is 5.73 Å². The number of alkyl halides is 3. The molecule has 0 unspecified atom stereocenters. The molecule has 0 spiro atoms. The van der Waals surface area contributed by atoms with E-state index >= 15 is 0 Å².